The Bertz CT molecular complexity index is 546. The highest BCUT2D eigenvalue weighted by Crippen LogP contribution is 2.26. The van der Waals surface area contributed by atoms with Gasteiger partial charge in [-0.3, -0.25) is 9.59 Å². The summed E-state index contributed by atoms with van der Waals surface area (Å²) in [5.41, 5.74) is 1.10. The highest BCUT2D eigenvalue weighted by molar-refractivity contribution is 6.31. The fourth-order valence-corrected chi connectivity index (χ4v) is 2.81. The molecule has 7 heteroatoms. The van der Waals surface area contributed by atoms with Crippen LogP contribution in [0.25, 0.3) is 0 Å². The minimum absolute atomic E-state index is 0. The number of piperidine rings is 1. The molecule has 5 nitrogen and oxygen atoms in total. The Morgan fingerprint density at radius 1 is 1.22 bits per heavy atom. The van der Waals surface area contributed by atoms with Crippen LogP contribution in [0.15, 0.2) is 18.2 Å². The van der Waals surface area contributed by atoms with E-state index in [-0.39, 0.29) is 24.2 Å². The minimum atomic E-state index is -0.187. The molecule has 0 aromatic heterocycles. The van der Waals surface area contributed by atoms with Crippen LogP contribution in [0, 0.1) is 5.92 Å². The van der Waals surface area contributed by atoms with E-state index >= 15 is 0 Å². The highest BCUT2D eigenvalue weighted by atomic mass is 35.5. The van der Waals surface area contributed by atoms with E-state index in [0.717, 1.165) is 32.4 Å². The number of rotatable bonds is 5. The van der Waals surface area contributed by atoms with Crippen LogP contribution in [0.1, 0.15) is 32.6 Å². The predicted molar refractivity (Wildman–Crippen MR) is 96.5 cm³/mol. The van der Waals surface area contributed by atoms with Gasteiger partial charge in [-0.25, -0.2) is 0 Å². The fraction of sp³-hybridized carbons (Fsp3) is 0.500. The molecule has 1 aliphatic rings. The Morgan fingerprint density at radius 3 is 2.57 bits per heavy atom. The van der Waals surface area contributed by atoms with E-state index < -0.39 is 0 Å². The molecule has 1 aliphatic heterocycles. The van der Waals surface area contributed by atoms with Crippen molar-refractivity contribution in [2.45, 2.75) is 32.6 Å². The number of nitrogens with one attached hydrogen (secondary N) is 3. The molecule has 0 atom stereocenters. The molecule has 1 aromatic carbocycles. The van der Waals surface area contributed by atoms with Gasteiger partial charge in [0.25, 0.3) is 0 Å². The lowest BCUT2D eigenvalue weighted by atomic mass is 9.93. The van der Waals surface area contributed by atoms with Crippen molar-refractivity contribution < 1.29 is 9.59 Å². The number of carbonyl (C=O) groups is 2. The first-order chi connectivity index (χ1) is 10.5. The van der Waals surface area contributed by atoms with Gasteiger partial charge in [-0.1, -0.05) is 11.6 Å². The highest BCUT2D eigenvalue weighted by Gasteiger charge is 2.15. The van der Waals surface area contributed by atoms with Crippen LogP contribution < -0.4 is 16.0 Å². The van der Waals surface area contributed by atoms with Crippen molar-refractivity contribution in [3.8, 4) is 0 Å². The Hall–Kier alpha value is -1.30. The molecule has 0 aliphatic carbocycles. The van der Waals surface area contributed by atoms with E-state index in [9.17, 15) is 9.59 Å². The van der Waals surface area contributed by atoms with Gasteiger partial charge in [0.1, 0.15) is 0 Å². The van der Waals surface area contributed by atoms with Crippen molar-refractivity contribution in [3.63, 3.8) is 0 Å². The smallest absolute Gasteiger partial charge is 0.224 e. The Labute approximate surface area is 148 Å². The van der Waals surface area contributed by atoms with Crippen molar-refractivity contribution >= 4 is 47.2 Å². The zero-order valence-corrected chi connectivity index (χ0v) is 14.7. The van der Waals surface area contributed by atoms with Gasteiger partial charge in [-0.05, 0) is 56.5 Å². The van der Waals surface area contributed by atoms with Gasteiger partial charge in [-0.15, -0.1) is 12.4 Å². The summed E-state index contributed by atoms with van der Waals surface area (Å²) in [6.45, 7) is 3.50. The summed E-state index contributed by atoms with van der Waals surface area (Å²) in [7, 11) is 0. The molecule has 128 valence electrons. The monoisotopic (exact) mass is 359 g/mol. The average Bonchev–Trinajstić information content (AvgIpc) is 2.49. The van der Waals surface area contributed by atoms with Gasteiger partial charge in [0.05, 0.1) is 11.4 Å². The summed E-state index contributed by atoms with van der Waals surface area (Å²) < 4.78 is 0. The summed E-state index contributed by atoms with van der Waals surface area (Å²) in [4.78, 5) is 23.3. The number of halogens is 2. The lowest BCUT2D eigenvalue weighted by Crippen LogP contribution is -2.28. The number of carbonyl (C=O) groups excluding carboxylic acids is 2. The SMILES string of the molecule is CC(=O)Nc1ccc(Cl)cc1NC(=O)CCC1CCNCC1.Cl. The van der Waals surface area contributed by atoms with Crippen LogP contribution in [-0.2, 0) is 9.59 Å². The molecule has 0 radical (unpaired) electrons. The van der Waals surface area contributed by atoms with E-state index in [1.54, 1.807) is 18.2 Å². The summed E-state index contributed by atoms with van der Waals surface area (Å²) in [6.07, 6.45) is 3.63. The van der Waals surface area contributed by atoms with Crippen LogP contribution in [0.3, 0.4) is 0 Å². The standard InChI is InChI=1S/C16H22ClN3O2.ClH/c1-11(21)19-14-4-3-13(17)10-15(14)20-16(22)5-2-12-6-8-18-9-7-12;/h3-4,10,12,18H,2,5-9H2,1H3,(H,19,21)(H,20,22);1H. The second kappa shape index (κ2) is 9.75. The normalized spacial score (nSPS) is 14.7. The van der Waals surface area contributed by atoms with Gasteiger partial charge in [0.15, 0.2) is 0 Å². The third-order valence-electron chi connectivity index (χ3n) is 3.80. The van der Waals surface area contributed by atoms with Gasteiger partial charge >= 0.3 is 0 Å². The van der Waals surface area contributed by atoms with Crippen LogP contribution in [0.2, 0.25) is 5.02 Å². The molecule has 0 bridgehead atoms. The van der Waals surface area contributed by atoms with E-state index in [1.807, 2.05) is 0 Å². The molecule has 1 fully saturated rings. The third kappa shape index (κ3) is 6.77. The van der Waals surface area contributed by atoms with Crippen molar-refractivity contribution in [3.05, 3.63) is 23.2 Å². The number of anilines is 2. The Morgan fingerprint density at radius 2 is 1.91 bits per heavy atom. The molecule has 3 N–H and O–H groups in total. The molecule has 1 aromatic rings. The largest absolute Gasteiger partial charge is 0.325 e. The molecule has 2 rings (SSSR count). The molecule has 1 heterocycles. The summed E-state index contributed by atoms with van der Waals surface area (Å²) in [5.74, 6) is 0.376. The topological polar surface area (TPSA) is 70.2 Å². The number of benzene rings is 1. The summed E-state index contributed by atoms with van der Waals surface area (Å²) in [6, 6.07) is 5.01. The zero-order chi connectivity index (χ0) is 15.9. The van der Waals surface area contributed by atoms with E-state index in [0.29, 0.717) is 28.7 Å². The molecular formula is C16H23Cl2N3O2. The average molecular weight is 360 g/mol. The molecular weight excluding hydrogens is 337 g/mol. The maximum atomic E-state index is 12.1. The Kier molecular flexibility index (Phi) is 8.37. The van der Waals surface area contributed by atoms with Crippen molar-refractivity contribution in [2.24, 2.45) is 5.92 Å². The van der Waals surface area contributed by atoms with Crippen LogP contribution in [0.4, 0.5) is 11.4 Å². The van der Waals surface area contributed by atoms with Crippen LogP contribution in [0.5, 0.6) is 0 Å². The Balaban J connectivity index is 0.00000264. The fourth-order valence-electron chi connectivity index (χ4n) is 2.64. The molecule has 1 saturated heterocycles. The first-order valence-electron chi connectivity index (χ1n) is 7.62. The summed E-state index contributed by atoms with van der Waals surface area (Å²) in [5, 5.41) is 9.37. The summed E-state index contributed by atoms with van der Waals surface area (Å²) >= 11 is 5.96. The van der Waals surface area contributed by atoms with Gasteiger partial charge < -0.3 is 16.0 Å². The van der Waals surface area contributed by atoms with Gasteiger partial charge in [-0.2, -0.15) is 0 Å². The maximum absolute atomic E-state index is 12.1. The number of hydrogen-bond acceptors (Lipinski definition) is 3. The second-order valence-electron chi connectivity index (χ2n) is 5.65. The molecule has 23 heavy (non-hydrogen) atoms. The van der Waals surface area contributed by atoms with Crippen molar-refractivity contribution in [2.75, 3.05) is 23.7 Å². The number of hydrogen-bond donors (Lipinski definition) is 3. The van der Waals surface area contributed by atoms with Crippen molar-refractivity contribution in [1.29, 1.82) is 0 Å². The quantitative estimate of drug-likeness (QED) is 0.753. The molecule has 2 amide bonds. The van der Waals surface area contributed by atoms with E-state index in [4.69, 9.17) is 11.6 Å². The molecule has 0 saturated carbocycles. The minimum Gasteiger partial charge on any atom is -0.325 e. The second-order valence-corrected chi connectivity index (χ2v) is 6.09. The predicted octanol–water partition coefficient (Wildman–Crippen LogP) is 3.44. The third-order valence-corrected chi connectivity index (χ3v) is 4.04. The van der Waals surface area contributed by atoms with Crippen molar-refractivity contribution in [1.82, 2.24) is 5.32 Å². The number of amides is 2. The van der Waals surface area contributed by atoms with E-state index in [2.05, 4.69) is 16.0 Å². The lowest BCUT2D eigenvalue weighted by molar-refractivity contribution is -0.116. The van der Waals surface area contributed by atoms with Gasteiger partial charge in [0, 0.05) is 18.4 Å². The first kappa shape index (κ1) is 19.7. The molecule has 0 spiro atoms. The lowest BCUT2D eigenvalue weighted by Gasteiger charge is -2.22. The van der Waals surface area contributed by atoms with Gasteiger partial charge in [0.2, 0.25) is 11.8 Å². The van der Waals surface area contributed by atoms with Crippen LogP contribution in [-0.4, -0.2) is 24.9 Å². The van der Waals surface area contributed by atoms with Crippen LogP contribution >= 0.6 is 24.0 Å². The first-order valence-corrected chi connectivity index (χ1v) is 8.00. The maximum Gasteiger partial charge on any atom is 0.224 e. The van der Waals surface area contributed by atoms with E-state index in [1.165, 1.54) is 6.92 Å². The zero-order valence-electron chi connectivity index (χ0n) is 13.2. The molecule has 0 unspecified atom stereocenters.